The van der Waals surface area contributed by atoms with Gasteiger partial charge in [0.2, 0.25) is 0 Å². The van der Waals surface area contributed by atoms with Crippen LogP contribution in [0.5, 0.6) is 17.2 Å². The van der Waals surface area contributed by atoms with Crippen LogP contribution < -0.4 is 14.8 Å². The number of likely N-dealkylation sites (N-methyl/N-ethyl adjacent to an activating group) is 1. The number of hydrogen-bond acceptors (Lipinski definition) is 4. The SMILES string of the molecule is CCNCCOc1ccc(/C(=C(\Cl)c2ccccc2)c2ccc(O)c(OC)c2)cc1. The molecule has 0 atom stereocenters. The smallest absolute Gasteiger partial charge is 0.161 e. The first-order valence-corrected chi connectivity index (χ1v) is 10.3. The minimum Gasteiger partial charge on any atom is -0.504 e. The molecule has 0 heterocycles. The van der Waals surface area contributed by atoms with Gasteiger partial charge in [0.15, 0.2) is 11.5 Å². The van der Waals surface area contributed by atoms with Gasteiger partial charge in [-0.1, -0.05) is 67.1 Å². The third-order valence-corrected chi connectivity index (χ3v) is 5.06. The summed E-state index contributed by atoms with van der Waals surface area (Å²) >= 11 is 6.87. The van der Waals surface area contributed by atoms with Crippen LogP contribution in [0, 0.1) is 0 Å². The summed E-state index contributed by atoms with van der Waals surface area (Å²) in [5.41, 5.74) is 3.54. The third-order valence-electron chi connectivity index (χ3n) is 4.66. The minimum absolute atomic E-state index is 0.0841. The van der Waals surface area contributed by atoms with Crippen LogP contribution in [0.3, 0.4) is 0 Å². The van der Waals surface area contributed by atoms with Crippen molar-refractivity contribution in [1.82, 2.24) is 5.32 Å². The van der Waals surface area contributed by atoms with Gasteiger partial charge < -0.3 is 19.9 Å². The average molecular weight is 424 g/mol. The monoisotopic (exact) mass is 423 g/mol. The Morgan fingerprint density at radius 2 is 1.63 bits per heavy atom. The van der Waals surface area contributed by atoms with Crippen molar-refractivity contribution in [2.24, 2.45) is 0 Å². The molecule has 0 saturated heterocycles. The fraction of sp³-hybridized carbons (Fsp3) is 0.200. The first-order valence-electron chi connectivity index (χ1n) is 9.90. The van der Waals surface area contributed by atoms with Gasteiger partial charge in [0.1, 0.15) is 12.4 Å². The van der Waals surface area contributed by atoms with Crippen molar-refractivity contribution in [1.29, 1.82) is 0 Å². The number of ether oxygens (including phenoxy) is 2. The molecule has 3 rings (SSSR count). The van der Waals surface area contributed by atoms with E-state index in [0.29, 0.717) is 17.4 Å². The van der Waals surface area contributed by atoms with E-state index in [1.165, 1.54) is 7.11 Å². The Morgan fingerprint density at radius 1 is 0.933 bits per heavy atom. The lowest BCUT2D eigenvalue weighted by atomic mass is 9.95. The number of phenols is 1. The van der Waals surface area contributed by atoms with Crippen LogP contribution in [0.4, 0.5) is 0 Å². The molecule has 0 aliphatic heterocycles. The van der Waals surface area contributed by atoms with Gasteiger partial charge in [0.05, 0.1) is 12.1 Å². The van der Waals surface area contributed by atoms with E-state index in [-0.39, 0.29) is 5.75 Å². The summed E-state index contributed by atoms with van der Waals surface area (Å²) in [6.45, 7) is 4.40. The van der Waals surface area contributed by atoms with E-state index >= 15 is 0 Å². The van der Waals surface area contributed by atoms with Crippen molar-refractivity contribution < 1.29 is 14.6 Å². The molecule has 5 heteroatoms. The molecule has 0 bridgehead atoms. The minimum atomic E-state index is 0.0841. The molecule has 0 aliphatic rings. The quantitative estimate of drug-likeness (QED) is 0.350. The maximum absolute atomic E-state index is 10.0. The molecule has 0 unspecified atom stereocenters. The molecule has 0 amide bonds. The lowest BCUT2D eigenvalue weighted by Gasteiger charge is -2.15. The van der Waals surface area contributed by atoms with Crippen LogP contribution >= 0.6 is 11.6 Å². The van der Waals surface area contributed by atoms with Crippen molar-refractivity contribution in [3.05, 3.63) is 89.5 Å². The number of methoxy groups -OCH3 is 1. The summed E-state index contributed by atoms with van der Waals surface area (Å²) < 4.78 is 11.1. The van der Waals surface area contributed by atoms with Gasteiger partial charge in [-0.3, -0.25) is 0 Å². The van der Waals surface area contributed by atoms with E-state index in [9.17, 15) is 5.11 Å². The lowest BCUT2D eigenvalue weighted by Crippen LogP contribution is -2.20. The van der Waals surface area contributed by atoms with Crippen molar-refractivity contribution in [2.45, 2.75) is 6.92 Å². The van der Waals surface area contributed by atoms with Gasteiger partial charge in [0, 0.05) is 12.1 Å². The lowest BCUT2D eigenvalue weighted by molar-refractivity contribution is 0.315. The van der Waals surface area contributed by atoms with Crippen LogP contribution in [0.2, 0.25) is 0 Å². The maximum Gasteiger partial charge on any atom is 0.161 e. The van der Waals surface area contributed by atoms with E-state index in [0.717, 1.165) is 41.1 Å². The second kappa shape index (κ2) is 10.7. The fourth-order valence-corrected chi connectivity index (χ4v) is 3.46. The zero-order valence-corrected chi connectivity index (χ0v) is 17.9. The summed E-state index contributed by atoms with van der Waals surface area (Å²) in [5.74, 6) is 1.28. The second-order valence-corrected chi connectivity index (χ2v) is 7.05. The van der Waals surface area contributed by atoms with E-state index in [2.05, 4.69) is 12.2 Å². The number of rotatable bonds is 9. The Labute approximate surface area is 182 Å². The largest absolute Gasteiger partial charge is 0.504 e. The Hall–Kier alpha value is -2.95. The highest BCUT2D eigenvalue weighted by Gasteiger charge is 2.15. The number of benzene rings is 3. The fourth-order valence-electron chi connectivity index (χ4n) is 3.12. The van der Waals surface area contributed by atoms with Crippen molar-refractivity contribution in [3.63, 3.8) is 0 Å². The van der Waals surface area contributed by atoms with Gasteiger partial charge in [-0.05, 0) is 47.5 Å². The molecule has 0 fully saturated rings. The molecule has 0 saturated carbocycles. The van der Waals surface area contributed by atoms with Crippen LogP contribution in [-0.4, -0.2) is 31.9 Å². The highest BCUT2D eigenvalue weighted by Crippen LogP contribution is 2.38. The zero-order valence-electron chi connectivity index (χ0n) is 17.2. The van der Waals surface area contributed by atoms with E-state index in [4.69, 9.17) is 21.1 Å². The van der Waals surface area contributed by atoms with Crippen LogP contribution in [0.15, 0.2) is 72.8 Å². The van der Waals surface area contributed by atoms with Crippen molar-refractivity contribution in [3.8, 4) is 17.2 Å². The molecule has 0 aliphatic carbocycles. The predicted octanol–water partition coefficient (Wildman–Crippen LogP) is 5.54. The van der Waals surface area contributed by atoms with Gasteiger partial charge in [0.25, 0.3) is 0 Å². The Kier molecular flexibility index (Phi) is 7.77. The molecule has 0 radical (unpaired) electrons. The summed E-state index contributed by atoms with van der Waals surface area (Å²) in [6, 6.07) is 22.9. The molecule has 0 aromatic heterocycles. The molecule has 3 aromatic carbocycles. The molecule has 0 spiro atoms. The average Bonchev–Trinajstić information content (AvgIpc) is 2.79. The molecule has 4 nitrogen and oxygen atoms in total. The van der Waals surface area contributed by atoms with Gasteiger partial charge in [-0.15, -0.1) is 0 Å². The molecular formula is C25H26ClNO3. The molecular weight excluding hydrogens is 398 g/mol. The molecule has 30 heavy (non-hydrogen) atoms. The maximum atomic E-state index is 10.0. The third kappa shape index (κ3) is 5.35. The number of hydrogen-bond donors (Lipinski definition) is 2. The number of phenolic OH excluding ortho intramolecular Hbond substituents is 1. The Morgan fingerprint density at radius 3 is 2.30 bits per heavy atom. The Balaban J connectivity index is 2.00. The molecule has 3 aromatic rings. The summed E-state index contributed by atoms with van der Waals surface area (Å²) in [4.78, 5) is 0. The highest BCUT2D eigenvalue weighted by molar-refractivity contribution is 6.53. The van der Waals surface area contributed by atoms with Crippen LogP contribution in [0.1, 0.15) is 23.6 Å². The highest BCUT2D eigenvalue weighted by atomic mass is 35.5. The van der Waals surface area contributed by atoms with Crippen LogP contribution in [-0.2, 0) is 0 Å². The van der Waals surface area contributed by atoms with Gasteiger partial charge >= 0.3 is 0 Å². The standard InChI is InChI=1S/C25H26ClNO3/c1-3-27-15-16-30-21-12-9-18(10-13-21)24(25(26)19-7-5-4-6-8-19)20-11-14-22(28)23(17-20)29-2/h4-14,17,27-28H,3,15-16H2,1-2H3/b25-24+. The predicted molar refractivity (Wildman–Crippen MR) is 123 cm³/mol. The first-order chi connectivity index (χ1) is 14.6. The summed E-state index contributed by atoms with van der Waals surface area (Å²) in [7, 11) is 1.53. The normalized spacial score (nSPS) is 11.7. The van der Waals surface area contributed by atoms with E-state index in [1.54, 1.807) is 12.1 Å². The topological polar surface area (TPSA) is 50.7 Å². The van der Waals surface area contributed by atoms with Crippen LogP contribution in [0.25, 0.3) is 10.6 Å². The van der Waals surface area contributed by atoms with E-state index in [1.807, 2.05) is 60.7 Å². The number of nitrogens with one attached hydrogen (secondary N) is 1. The second-order valence-electron chi connectivity index (χ2n) is 6.67. The summed E-state index contributed by atoms with van der Waals surface area (Å²) in [6.07, 6.45) is 0. The zero-order chi connectivity index (χ0) is 21.3. The number of halogens is 1. The Bertz CT molecular complexity index is 985. The first kappa shape index (κ1) is 21.8. The number of aromatic hydroxyl groups is 1. The van der Waals surface area contributed by atoms with E-state index < -0.39 is 0 Å². The molecule has 2 N–H and O–H groups in total. The van der Waals surface area contributed by atoms with Crippen molar-refractivity contribution >= 4 is 22.2 Å². The van der Waals surface area contributed by atoms with Crippen molar-refractivity contribution in [2.75, 3.05) is 26.8 Å². The van der Waals surface area contributed by atoms with Gasteiger partial charge in [-0.2, -0.15) is 0 Å². The molecule has 156 valence electrons. The summed E-state index contributed by atoms with van der Waals surface area (Å²) in [5, 5.41) is 13.9. The van der Waals surface area contributed by atoms with Gasteiger partial charge in [-0.25, -0.2) is 0 Å².